The first-order valence-corrected chi connectivity index (χ1v) is 7.15. The van der Waals surface area contributed by atoms with Gasteiger partial charge in [0.25, 0.3) is 0 Å². The molecule has 6 heteroatoms. The molecule has 0 spiro atoms. The van der Waals surface area contributed by atoms with Crippen LogP contribution in [0.2, 0.25) is 0 Å². The second-order valence-electron chi connectivity index (χ2n) is 4.98. The van der Waals surface area contributed by atoms with Crippen LogP contribution in [-0.2, 0) is 17.5 Å². The van der Waals surface area contributed by atoms with E-state index in [1.807, 2.05) is 18.2 Å². The van der Waals surface area contributed by atoms with Crippen LogP contribution in [0.1, 0.15) is 16.7 Å². The normalized spacial score (nSPS) is 11.5. The molecule has 0 aliphatic carbocycles. The first kappa shape index (κ1) is 17.6. The Balaban J connectivity index is 1.93. The summed E-state index contributed by atoms with van der Waals surface area (Å²) in [5.74, 6) is 0.324. The molecular formula is C18H16F3NO2. The third-order valence-corrected chi connectivity index (χ3v) is 3.31. The topological polar surface area (TPSA) is 38.3 Å². The van der Waals surface area contributed by atoms with Gasteiger partial charge in [-0.25, -0.2) is 0 Å². The zero-order valence-corrected chi connectivity index (χ0v) is 12.9. The lowest BCUT2D eigenvalue weighted by Gasteiger charge is -2.08. The third-order valence-electron chi connectivity index (χ3n) is 3.31. The van der Waals surface area contributed by atoms with Gasteiger partial charge in [0.2, 0.25) is 5.91 Å². The molecule has 2 aromatic rings. The quantitative estimate of drug-likeness (QED) is 0.838. The molecule has 0 aliphatic rings. The van der Waals surface area contributed by atoms with Crippen LogP contribution in [0, 0.1) is 0 Å². The molecule has 0 bridgehead atoms. The molecule has 2 aromatic carbocycles. The summed E-state index contributed by atoms with van der Waals surface area (Å²) in [5, 5.41) is 2.69. The maximum absolute atomic E-state index is 12.5. The number of carbonyl (C=O) groups is 1. The van der Waals surface area contributed by atoms with Crippen LogP contribution < -0.4 is 10.1 Å². The lowest BCUT2D eigenvalue weighted by Crippen LogP contribution is -2.20. The smallest absolute Gasteiger partial charge is 0.416 e. The van der Waals surface area contributed by atoms with E-state index < -0.39 is 11.7 Å². The number of ether oxygens (including phenoxy) is 1. The molecule has 0 fully saturated rings. The maximum atomic E-state index is 12.5. The highest BCUT2D eigenvalue weighted by molar-refractivity contribution is 5.91. The highest BCUT2D eigenvalue weighted by Gasteiger charge is 2.29. The number of benzene rings is 2. The van der Waals surface area contributed by atoms with Crippen molar-refractivity contribution in [1.82, 2.24) is 5.32 Å². The summed E-state index contributed by atoms with van der Waals surface area (Å²) in [6.45, 7) is 0.292. The van der Waals surface area contributed by atoms with Gasteiger partial charge in [-0.2, -0.15) is 13.2 Å². The Hall–Kier alpha value is -2.76. The van der Waals surface area contributed by atoms with Gasteiger partial charge in [-0.3, -0.25) is 4.79 Å². The van der Waals surface area contributed by atoms with E-state index in [4.69, 9.17) is 4.74 Å². The summed E-state index contributed by atoms with van der Waals surface area (Å²) >= 11 is 0. The zero-order chi connectivity index (χ0) is 17.6. The molecule has 0 saturated heterocycles. The molecule has 0 aliphatic heterocycles. The summed E-state index contributed by atoms with van der Waals surface area (Å²) in [5.41, 5.74) is 0.618. The standard InChI is InChI=1S/C18H16F3NO2/c1-24-16-5-3-2-4-14(16)12-22-17(23)11-8-13-6-9-15(10-7-13)18(19,20)21/h2-11H,12H2,1H3,(H,22,23)/b11-8+. The number of methoxy groups -OCH3 is 1. The number of rotatable bonds is 5. The molecule has 0 saturated carbocycles. The molecule has 2 rings (SSSR count). The van der Waals surface area contributed by atoms with Crippen LogP contribution in [0.15, 0.2) is 54.6 Å². The van der Waals surface area contributed by atoms with Crippen molar-refractivity contribution >= 4 is 12.0 Å². The largest absolute Gasteiger partial charge is 0.496 e. The highest BCUT2D eigenvalue weighted by Crippen LogP contribution is 2.29. The molecule has 1 amide bonds. The first-order chi connectivity index (χ1) is 11.4. The molecule has 0 unspecified atom stereocenters. The fourth-order valence-electron chi connectivity index (χ4n) is 2.05. The molecule has 126 valence electrons. The van der Waals surface area contributed by atoms with Gasteiger partial charge >= 0.3 is 6.18 Å². The number of hydrogen-bond acceptors (Lipinski definition) is 2. The van der Waals surface area contributed by atoms with Gasteiger partial charge in [0.05, 0.1) is 12.7 Å². The Morgan fingerprint density at radius 3 is 2.42 bits per heavy atom. The minimum Gasteiger partial charge on any atom is -0.496 e. The average molecular weight is 335 g/mol. The van der Waals surface area contributed by atoms with E-state index in [-0.39, 0.29) is 5.91 Å². The number of para-hydroxylation sites is 1. The van der Waals surface area contributed by atoms with E-state index in [2.05, 4.69) is 5.32 Å². The summed E-state index contributed by atoms with van der Waals surface area (Å²) in [7, 11) is 1.55. The Labute approximate surface area is 137 Å². The predicted molar refractivity (Wildman–Crippen MR) is 85.3 cm³/mol. The Morgan fingerprint density at radius 1 is 1.12 bits per heavy atom. The lowest BCUT2D eigenvalue weighted by molar-refractivity contribution is -0.137. The van der Waals surface area contributed by atoms with E-state index in [1.165, 1.54) is 24.3 Å². The maximum Gasteiger partial charge on any atom is 0.416 e. The van der Waals surface area contributed by atoms with E-state index >= 15 is 0 Å². The van der Waals surface area contributed by atoms with Gasteiger partial charge in [0.15, 0.2) is 0 Å². The fourth-order valence-corrected chi connectivity index (χ4v) is 2.05. The van der Waals surface area contributed by atoms with Crippen LogP contribution in [0.5, 0.6) is 5.75 Å². The van der Waals surface area contributed by atoms with Gasteiger partial charge in [-0.15, -0.1) is 0 Å². The molecule has 0 radical (unpaired) electrons. The van der Waals surface area contributed by atoms with Crippen LogP contribution >= 0.6 is 0 Å². The van der Waals surface area contributed by atoms with E-state index in [9.17, 15) is 18.0 Å². The summed E-state index contributed by atoms with van der Waals surface area (Å²) in [4.78, 5) is 11.8. The Morgan fingerprint density at radius 2 is 1.79 bits per heavy atom. The van der Waals surface area contributed by atoms with Crippen molar-refractivity contribution in [2.24, 2.45) is 0 Å². The van der Waals surface area contributed by atoms with Gasteiger partial charge in [0, 0.05) is 18.2 Å². The molecular weight excluding hydrogens is 319 g/mol. The highest BCUT2D eigenvalue weighted by atomic mass is 19.4. The molecule has 24 heavy (non-hydrogen) atoms. The van der Waals surface area contributed by atoms with E-state index in [0.717, 1.165) is 17.7 Å². The van der Waals surface area contributed by atoms with E-state index in [1.54, 1.807) is 13.2 Å². The van der Waals surface area contributed by atoms with E-state index in [0.29, 0.717) is 17.9 Å². The molecule has 0 heterocycles. The predicted octanol–water partition coefficient (Wildman–Crippen LogP) is 4.04. The van der Waals surface area contributed by atoms with Crippen LogP contribution in [0.4, 0.5) is 13.2 Å². The fraction of sp³-hybridized carbons (Fsp3) is 0.167. The van der Waals surface area contributed by atoms with Gasteiger partial charge < -0.3 is 10.1 Å². The van der Waals surface area contributed by atoms with Gasteiger partial charge in [-0.05, 0) is 29.8 Å². The summed E-state index contributed by atoms with van der Waals surface area (Å²) < 4.78 is 42.6. The minimum atomic E-state index is -4.37. The van der Waals surface area contributed by atoms with Crippen molar-refractivity contribution in [3.8, 4) is 5.75 Å². The SMILES string of the molecule is COc1ccccc1CNC(=O)/C=C/c1ccc(C(F)(F)F)cc1. The molecule has 0 atom stereocenters. The van der Waals surface area contributed by atoms with Crippen molar-refractivity contribution in [2.45, 2.75) is 12.7 Å². The second-order valence-corrected chi connectivity index (χ2v) is 4.98. The Bertz CT molecular complexity index is 722. The third kappa shape index (κ3) is 4.87. The molecule has 1 N–H and O–H groups in total. The second kappa shape index (κ2) is 7.68. The minimum absolute atomic E-state index is 0.292. The van der Waals surface area contributed by atoms with Crippen molar-refractivity contribution < 1.29 is 22.7 Å². The lowest BCUT2D eigenvalue weighted by atomic mass is 10.1. The van der Waals surface area contributed by atoms with Crippen molar-refractivity contribution in [3.63, 3.8) is 0 Å². The number of amides is 1. The molecule has 3 nitrogen and oxygen atoms in total. The summed E-state index contributed by atoms with van der Waals surface area (Å²) in [6, 6.07) is 11.9. The average Bonchev–Trinajstić information content (AvgIpc) is 2.58. The Kier molecular flexibility index (Phi) is 5.63. The van der Waals surface area contributed by atoms with Gasteiger partial charge in [0.1, 0.15) is 5.75 Å². The number of nitrogens with one attached hydrogen (secondary N) is 1. The number of carbonyl (C=O) groups excluding carboxylic acids is 1. The molecule has 0 aromatic heterocycles. The van der Waals surface area contributed by atoms with Crippen LogP contribution in [-0.4, -0.2) is 13.0 Å². The van der Waals surface area contributed by atoms with Crippen molar-refractivity contribution in [3.05, 3.63) is 71.3 Å². The zero-order valence-electron chi connectivity index (χ0n) is 12.9. The van der Waals surface area contributed by atoms with Crippen molar-refractivity contribution in [2.75, 3.05) is 7.11 Å². The summed E-state index contributed by atoms with van der Waals surface area (Å²) in [6.07, 6.45) is -1.63. The number of hydrogen-bond donors (Lipinski definition) is 1. The van der Waals surface area contributed by atoms with Crippen LogP contribution in [0.3, 0.4) is 0 Å². The van der Waals surface area contributed by atoms with Gasteiger partial charge in [-0.1, -0.05) is 30.3 Å². The first-order valence-electron chi connectivity index (χ1n) is 7.15. The number of halogens is 3. The number of alkyl halides is 3. The van der Waals surface area contributed by atoms with Crippen molar-refractivity contribution in [1.29, 1.82) is 0 Å². The van der Waals surface area contributed by atoms with Crippen LogP contribution in [0.25, 0.3) is 6.08 Å². The monoisotopic (exact) mass is 335 g/mol.